The lowest BCUT2D eigenvalue weighted by molar-refractivity contribution is -0.384. The number of amides is 1. The van der Waals surface area contributed by atoms with Crippen molar-refractivity contribution in [2.75, 3.05) is 0 Å². The van der Waals surface area contributed by atoms with Gasteiger partial charge in [0.15, 0.2) is 0 Å². The first-order chi connectivity index (χ1) is 10.5. The van der Waals surface area contributed by atoms with Gasteiger partial charge in [-0.2, -0.15) is 0 Å². The van der Waals surface area contributed by atoms with Crippen LogP contribution in [0.3, 0.4) is 0 Å². The summed E-state index contributed by atoms with van der Waals surface area (Å²) < 4.78 is 13.2. The van der Waals surface area contributed by atoms with Crippen molar-refractivity contribution in [2.45, 2.75) is 18.9 Å². The van der Waals surface area contributed by atoms with Gasteiger partial charge in [0.1, 0.15) is 5.82 Å². The fraction of sp³-hybridized carbons (Fsp3) is 0.188. The van der Waals surface area contributed by atoms with Gasteiger partial charge in [0, 0.05) is 17.7 Å². The first-order valence-electron chi connectivity index (χ1n) is 6.88. The largest absolute Gasteiger partial charge is 0.345 e. The first-order valence-corrected chi connectivity index (χ1v) is 6.88. The molecular formula is C16H13FN2O3. The van der Waals surface area contributed by atoms with E-state index in [9.17, 15) is 19.3 Å². The number of fused-ring (bicyclic) bond motifs is 1. The highest BCUT2D eigenvalue weighted by atomic mass is 19.1. The van der Waals surface area contributed by atoms with Crippen LogP contribution in [0.1, 0.15) is 33.9 Å². The summed E-state index contributed by atoms with van der Waals surface area (Å²) in [6.07, 6.45) is 1.44. The van der Waals surface area contributed by atoms with E-state index in [1.54, 1.807) is 6.07 Å². The molecule has 0 bridgehead atoms. The molecule has 2 aromatic rings. The summed E-state index contributed by atoms with van der Waals surface area (Å²) in [6, 6.07) is 9.86. The lowest BCUT2D eigenvalue weighted by Crippen LogP contribution is -2.27. The molecule has 3 rings (SSSR count). The Bertz CT molecular complexity index is 744. The van der Waals surface area contributed by atoms with Crippen molar-refractivity contribution in [3.05, 3.63) is 75.1 Å². The minimum absolute atomic E-state index is 0.0572. The fourth-order valence-corrected chi connectivity index (χ4v) is 2.71. The summed E-state index contributed by atoms with van der Waals surface area (Å²) in [5.74, 6) is -0.571. The minimum atomic E-state index is -0.510. The molecular weight excluding hydrogens is 287 g/mol. The number of nitro benzene ring substituents is 1. The Labute approximate surface area is 125 Å². The van der Waals surface area contributed by atoms with Crippen LogP contribution in [0.5, 0.6) is 0 Å². The third-order valence-corrected chi connectivity index (χ3v) is 3.83. The second kappa shape index (κ2) is 5.55. The molecule has 0 spiro atoms. The highest BCUT2D eigenvalue weighted by Gasteiger charge is 2.24. The Kier molecular flexibility index (Phi) is 3.58. The van der Waals surface area contributed by atoms with Gasteiger partial charge in [-0.25, -0.2) is 4.39 Å². The van der Waals surface area contributed by atoms with Crippen LogP contribution in [-0.4, -0.2) is 10.8 Å². The number of carbonyl (C=O) groups excluding carboxylic acids is 1. The van der Waals surface area contributed by atoms with Crippen LogP contribution < -0.4 is 5.32 Å². The van der Waals surface area contributed by atoms with Gasteiger partial charge in [-0.1, -0.05) is 6.07 Å². The minimum Gasteiger partial charge on any atom is -0.345 e. The van der Waals surface area contributed by atoms with E-state index in [2.05, 4.69) is 5.32 Å². The van der Waals surface area contributed by atoms with Crippen LogP contribution in [0, 0.1) is 15.9 Å². The summed E-state index contributed by atoms with van der Waals surface area (Å²) >= 11 is 0. The number of nitro groups is 1. The van der Waals surface area contributed by atoms with Gasteiger partial charge >= 0.3 is 0 Å². The Morgan fingerprint density at radius 3 is 2.64 bits per heavy atom. The predicted molar refractivity (Wildman–Crippen MR) is 78.0 cm³/mol. The average Bonchev–Trinajstić information content (AvgIpc) is 2.89. The van der Waals surface area contributed by atoms with Crippen molar-refractivity contribution in [3.63, 3.8) is 0 Å². The van der Waals surface area contributed by atoms with Crippen LogP contribution in [0.25, 0.3) is 0 Å². The molecule has 112 valence electrons. The van der Waals surface area contributed by atoms with Crippen molar-refractivity contribution in [2.24, 2.45) is 0 Å². The van der Waals surface area contributed by atoms with E-state index in [1.165, 1.54) is 36.4 Å². The van der Waals surface area contributed by atoms with E-state index in [4.69, 9.17) is 0 Å². The Balaban J connectivity index is 1.74. The topological polar surface area (TPSA) is 72.2 Å². The van der Waals surface area contributed by atoms with E-state index < -0.39 is 4.92 Å². The first kappa shape index (κ1) is 14.2. The number of nitrogens with zero attached hydrogens (tertiary/aromatic N) is 1. The molecule has 0 radical (unpaired) electrons. The van der Waals surface area contributed by atoms with Crippen LogP contribution in [0.15, 0.2) is 42.5 Å². The highest BCUT2D eigenvalue weighted by Crippen LogP contribution is 2.31. The van der Waals surface area contributed by atoms with Crippen molar-refractivity contribution in [1.29, 1.82) is 0 Å². The zero-order valence-corrected chi connectivity index (χ0v) is 11.6. The second-order valence-electron chi connectivity index (χ2n) is 5.21. The molecule has 0 fully saturated rings. The summed E-state index contributed by atoms with van der Waals surface area (Å²) in [5, 5.41) is 13.5. The maximum Gasteiger partial charge on any atom is 0.269 e. The Hall–Kier alpha value is -2.76. The van der Waals surface area contributed by atoms with E-state index in [1.807, 2.05) is 0 Å². The van der Waals surface area contributed by atoms with Crippen molar-refractivity contribution in [1.82, 2.24) is 5.32 Å². The molecule has 1 amide bonds. The molecule has 1 aliphatic carbocycles. The number of halogens is 1. The van der Waals surface area contributed by atoms with Gasteiger partial charge in [-0.15, -0.1) is 0 Å². The van der Waals surface area contributed by atoms with Crippen LogP contribution >= 0.6 is 0 Å². The number of benzene rings is 2. The molecule has 0 saturated carbocycles. The molecule has 0 saturated heterocycles. The Morgan fingerprint density at radius 1 is 1.23 bits per heavy atom. The van der Waals surface area contributed by atoms with E-state index in [0.717, 1.165) is 24.0 Å². The SMILES string of the molecule is O=C(NC1CCc2cc(F)ccc21)c1ccc([N+](=O)[O-])cc1. The molecule has 1 N–H and O–H groups in total. The van der Waals surface area contributed by atoms with E-state index >= 15 is 0 Å². The highest BCUT2D eigenvalue weighted by molar-refractivity contribution is 5.94. The predicted octanol–water partition coefficient (Wildman–Crippen LogP) is 3.15. The summed E-state index contributed by atoms with van der Waals surface area (Å²) in [5.41, 5.74) is 2.14. The molecule has 6 heteroatoms. The molecule has 1 unspecified atom stereocenters. The van der Waals surface area contributed by atoms with Crippen molar-refractivity contribution < 1.29 is 14.1 Å². The standard InChI is InChI=1S/C16H13FN2O3/c17-12-4-7-14-11(9-12)3-8-15(14)18-16(20)10-1-5-13(6-2-10)19(21)22/h1-2,4-7,9,15H,3,8H2,(H,18,20). The van der Waals surface area contributed by atoms with Crippen molar-refractivity contribution in [3.8, 4) is 0 Å². The number of rotatable bonds is 3. The lowest BCUT2D eigenvalue weighted by Gasteiger charge is -2.14. The van der Waals surface area contributed by atoms with Crippen LogP contribution in [0.4, 0.5) is 10.1 Å². The molecule has 0 aromatic heterocycles. The van der Waals surface area contributed by atoms with Crippen LogP contribution in [0.2, 0.25) is 0 Å². The molecule has 5 nitrogen and oxygen atoms in total. The number of nitrogens with one attached hydrogen (secondary N) is 1. The van der Waals surface area contributed by atoms with Gasteiger partial charge < -0.3 is 5.32 Å². The third kappa shape index (κ3) is 2.67. The van der Waals surface area contributed by atoms with Crippen molar-refractivity contribution >= 4 is 11.6 Å². The number of non-ortho nitro benzene ring substituents is 1. The van der Waals surface area contributed by atoms with Gasteiger partial charge in [0.25, 0.3) is 11.6 Å². The zero-order chi connectivity index (χ0) is 15.7. The summed E-state index contributed by atoms with van der Waals surface area (Å²) in [6.45, 7) is 0. The summed E-state index contributed by atoms with van der Waals surface area (Å²) in [7, 11) is 0. The number of carbonyl (C=O) groups is 1. The average molecular weight is 300 g/mol. The Morgan fingerprint density at radius 2 is 1.95 bits per heavy atom. The maximum atomic E-state index is 13.2. The molecule has 1 aliphatic rings. The maximum absolute atomic E-state index is 13.2. The molecule has 0 aliphatic heterocycles. The van der Waals surface area contributed by atoms with E-state index in [-0.39, 0.29) is 23.5 Å². The monoisotopic (exact) mass is 300 g/mol. The van der Waals surface area contributed by atoms with Gasteiger partial charge in [0.2, 0.25) is 0 Å². The zero-order valence-electron chi connectivity index (χ0n) is 11.6. The van der Waals surface area contributed by atoms with Gasteiger partial charge in [0.05, 0.1) is 11.0 Å². The van der Waals surface area contributed by atoms with E-state index in [0.29, 0.717) is 5.56 Å². The normalized spacial score (nSPS) is 16.1. The number of aryl methyl sites for hydroxylation is 1. The van der Waals surface area contributed by atoms with Crippen LogP contribution in [-0.2, 0) is 6.42 Å². The molecule has 1 atom stereocenters. The lowest BCUT2D eigenvalue weighted by atomic mass is 10.1. The summed E-state index contributed by atoms with van der Waals surface area (Å²) in [4.78, 5) is 22.3. The van der Waals surface area contributed by atoms with Gasteiger partial charge in [-0.05, 0) is 48.2 Å². The van der Waals surface area contributed by atoms with Gasteiger partial charge in [-0.3, -0.25) is 14.9 Å². The number of hydrogen-bond acceptors (Lipinski definition) is 3. The smallest absolute Gasteiger partial charge is 0.269 e. The molecule has 22 heavy (non-hydrogen) atoms. The molecule has 0 heterocycles. The second-order valence-corrected chi connectivity index (χ2v) is 5.21. The quantitative estimate of drug-likeness (QED) is 0.699. The fourth-order valence-electron chi connectivity index (χ4n) is 2.71. The molecule has 2 aromatic carbocycles. The number of hydrogen-bond donors (Lipinski definition) is 1. The third-order valence-electron chi connectivity index (χ3n) is 3.83.